The molecule has 1 unspecified atom stereocenters. The van der Waals surface area contributed by atoms with Crippen LogP contribution in [0, 0.1) is 0 Å². The zero-order valence-electron chi connectivity index (χ0n) is 8.36. The molecule has 80 valence electrons. The maximum Gasteiger partial charge on any atom is 0.202 e. The summed E-state index contributed by atoms with van der Waals surface area (Å²) in [6.07, 6.45) is 0.327. The molecule has 0 saturated heterocycles. The van der Waals surface area contributed by atoms with Gasteiger partial charge in [0.25, 0.3) is 0 Å². The summed E-state index contributed by atoms with van der Waals surface area (Å²) in [5.74, 6) is 0.832. The van der Waals surface area contributed by atoms with Gasteiger partial charge >= 0.3 is 0 Å². The van der Waals surface area contributed by atoms with Crippen LogP contribution >= 0.6 is 11.5 Å². The van der Waals surface area contributed by atoms with Crippen LogP contribution in [0.5, 0.6) is 0 Å². The van der Waals surface area contributed by atoms with Gasteiger partial charge in [0.1, 0.15) is 5.82 Å². The van der Waals surface area contributed by atoms with Crippen molar-refractivity contribution in [1.29, 1.82) is 0 Å². The first kappa shape index (κ1) is 11.4. The van der Waals surface area contributed by atoms with Crippen LogP contribution in [0.4, 0.5) is 5.13 Å². The molecule has 0 radical (unpaired) electrons. The largest absolute Gasteiger partial charge is 0.389 e. The van der Waals surface area contributed by atoms with E-state index in [4.69, 9.17) is 4.74 Å². The molecule has 1 heterocycles. The van der Waals surface area contributed by atoms with E-state index in [2.05, 4.69) is 14.7 Å². The number of aromatic nitrogens is 2. The number of nitrogens with one attached hydrogen (secondary N) is 1. The van der Waals surface area contributed by atoms with E-state index in [1.165, 1.54) is 11.5 Å². The van der Waals surface area contributed by atoms with E-state index in [1.807, 2.05) is 6.92 Å². The van der Waals surface area contributed by atoms with Crippen molar-refractivity contribution in [3.8, 4) is 0 Å². The van der Waals surface area contributed by atoms with Crippen LogP contribution in [0.25, 0.3) is 0 Å². The van der Waals surface area contributed by atoms with Gasteiger partial charge in [-0.05, 0) is 0 Å². The fourth-order valence-electron chi connectivity index (χ4n) is 0.926. The molecule has 1 rings (SSSR count). The van der Waals surface area contributed by atoms with Crippen molar-refractivity contribution in [2.45, 2.75) is 19.4 Å². The Kier molecular flexibility index (Phi) is 4.78. The predicted octanol–water partition coefficient (Wildman–Crippen LogP) is 0.520. The average molecular weight is 217 g/mol. The number of aryl methyl sites for hydroxylation is 1. The maximum absolute atomic E-state index is 9.34. The van der Waals surface area contributed by atoms with Crippen LogP contribution in [0.2, 0.25) is 0 Å². The first-order valence-corrected chi connectivity index (χ1v) is 5.27. The quantitative estimate of drug-likeness (QED) is 0.727. The van der Waals surface area contributed by atoms with Crippen molar-refractivity contribution in [1.82, 2.24) is 9.36 Å². The summed E-state index contributed by atoms with van der Waals surface area (Å²) in [5, 5.41) is 13.1. The molecule has 0 aliphatic carbocycles. The molecule has 0 fully saturated rings. The third-order valence-electron chi connectivity index (χ3n) is 1.63. The van der Waals surface area contributed by atoms with Crippen molar-refractivity contribution in [3.63, 3.8) is 0 Å². The highest BCUT2D eigenvalue weighted by Gasteiger charge is 2.05. The fraction of sp³-hybridized carbons (Fsp3) is 0.750. The Morgan fingerprint density at radius 3 is 3.00 bits per heavy atom. The zero-order valence-corrected chi connectivity index (χ0v) is 9.17. The number of anilines is 1. The van der Waals surface area contributed by atoms with Crippen molar-refractivity contribution in [2.24, 2.45) is 0 Å². The van der Waals surface area contributed by atoms with Crippen LogP contribution in [0.3, 0.4) is 0 Å². The van der Waals surface area contributed by atoms with Crippen molar-refractivity contribution in [3.05, 3.63) is 5.82 Å². The van der Waals surface area contributed by atoms with Gasteiger partial charge in [0.05, 0.1) is 12.7 Å². The number of methoxy groups -OCH3 is 1. The van der Waals surface area contributed by atoms with Crippen LogP contribution in [0.15, 0.2) is 0 Å². The fourth-order valence-corrected chi connectivity index (χ4v) is 1.58. The Labute approximate surface area is 87.3 Å². The van der Waals surface area contributed by atoms with Crippen LogP contribution in [0.1, 0.15) is 12.7 Å². The van der Waals surface area contributed by atoms with Gasteiger partial charge in [-0.25, -0.2) is 4.98 Å². The van der Waals surface area contributed by atoms with Gasteiger partial charge < -0.3 is 15.2 Å². The van der Waals surface area contributed by atoms with Crippen molar-refractivity contribution >= 4 is 16.7 Å². The smallest absolute Gasteiger partial charge is 0.202 e. The molecule has 0 amide bonds. The molecule has 0 aliphatic rings. The molecule has 0 spiro atoms. The third-order valence-corrected chi connectivity index (χ3v) is 2.34. The Hall–Kier alpha value is -0.720. The molecule has 0 saturated carbocycles. The second kappa shape index (κ2) is 5.90. The molecular weight excluding hydrogens is 202 g/mol. The van der Waals surface area contributed by atoms with Gasteiger partial charge in [0.2, 0.25) is 5.13 Å². The summed E-state index contributed by atoms with van der Waals surface area (Å²) in [4.78, 5) is 4.21. The molecule has 0 aliphatic heterocycles. The Balaban J connectivity index is 2.30. The van der Waals surface area contributed by atoms with Gasteiger partial charge in [-0.3, -0.25) is 0 Å². The van der Waals surface area contributed by atoms with Gasteiger partial charge in [0.15, 0.2) is 0 Å². The molecule has 1 aromatic rings. The predicted molar refractivity (Wildman–Crippen MR) is 55.7 cm³/mol. The first-order chi connectivity index (χ1) is 6.76. The summed E-state index contributed by atoms with van der Waals surface area (Å²) >= 11 is 1.31. The molecule has 1 atom stereocenters. The van der Waals surface area contributed by atoms with E-state index >= 15 is 0 Å². The number of hydrogen-bond acceptors (Lipinski definition) is 6. The SMILES string of the molecule is CCc1nsc(NCC(O)COC)n1. The lowest BCUT2D eigenvalue weighted by Crippen LogP contribution is -2.24. The van der Waals surface area contributed by atoms with Gasteiger partial charge in [-0.15, -0.1) is 0 Å². The second-order valence-electron chi connectivity index (χ2n) is 2.86. The van der Waals surface area contributed by atoms with Crippen LogP contribution < -0.4 is 5.32 Å². The summed E-state index contributed by atoms with van der Waals surface area (Å²) in [6, 6.07) is 0. The number of nitrogens with zero attached hydrogens (tertiary/aromatic N) is 2. The minimum absolute atomic E-state index is 0.326. The normalized spacial score (nSPS) is 12.8. The third kappa shape index (κ3) is 3.57. The van der Waals surface area contributed by atoms with Crippen LogP contribution in [-0.4, -0.2) is 40.8 Å². The number of hydrogen-bond donors (Lipinski definition) is 2. The topological polar surface area (TPSA) is 67.3 Å². The van der Waals surface area contributed by atoms with Crippen LogP contribution in [-0.2, 0) is 11.2 Å². The lowest BCUT2D eigenvalue weighted by molar-refractivity contribution is 0.0727. The van der Waals surface area contributed by atoms with Gasteiger partial charge in [-0.1, -0.05) is 6.92 Å². The van der Waals surface area contributed by atoms with E-state index in [0.717, 1.165) is 17.4 Å². The lowest BCUT2D eigenvalue weighted by Gasteiger charge is -2.08. The Morgan fingerprint density at radius 1 is 1.64 bits per heavy atom. The molecule has 2 N–H and O–H groups in total. The second-order valence-corrected chi connectivity index (χ2v) is 3.61. The molecule has 0 bridgehead atoms. The van der Waals surface area contributed by atoms with E-state index in [1.54, 1.807) is 7.11 Å². The van der Waals surface area contributed by atoms with Crippen molar-refractivity contribution < 1.29 is 9.84 Å². The monoisotopic (exact) mass is 217 g/mol. The first-order valence-electron chi connectivity index (χ1n) is 4.49. The Morgan fingerprint density at radius 2 is 2.43 bits per heavy atom. The summed E-state index contributed by atoms with van der Waals surface area (Å²) in [7, 11) is 1.56. The molecule has 1 aromatic heterocycles. The number of aliphatic hydroxyl groups is 1. The number of ether oxygens (including phenoxy) is 1. The van der Waals surface area contributed by atoms with E-state index < -0.39 is 6.10 Å². The lowest BCUT2D eigenvalue weighted by atomic mass is 10.4. The standard InChI is InChI=1S/C8H15N3O2S/c1-3-7-10-8(14-11-7)9-4-6(12)5-13-2/h6,12H,3-5H2,1-2H3,(H,9,10,11). The van der Waals surface area contributed by atoms with Crippen molar-refractivity contribution in [2.75, 3.05) is 25.6 Å². The van der Waals surface area contributed by atoms with E-state index in [-0.39, 0.29) is 0 Å². The van der Waals surface area contributed by atoms with E-state index in [0.29, 0.717) is 13.2 Å². The molecule has 0 aromatic carbocycles. The molecule has 6 heteroatoms. The Bertz CT molecular complexity index is 267. The zero-order chi connectivity index (χ0) is 10.4. The maximum atomic E-state index is 9.34. The highest BCUT2D eigenvalue weighted by atomic mass is 32.1. The highest BCUT2D eigenvalue weighted by molar-refractivity contribution is 7.09. The summed E-state index contributed by atoms with van der Waals surface area (Å²) < 4.78 is 8.91. The van der Waals surface area contributed by atoms with Gasteiger partial charge in [-0.2, -0.15) is 4.37 Å². The average Bonchev–Trinajstić information content (AvgIpc) is 2.63. The molecule has 5 nitrogen and oxygen atoms in total. The van der Waals surface area contributed by atoms with Gasteiger partial charge in [0, 0.05) is 31.6 Å². The van der Waals surface area contributed by atoms with E-state index in [9.17, 15) is 5.11 Å². The molecular formula is C8H15N3O2S. The molecule has 14 heavy (non-hydrogen) atoms. The minimum atomic E-state index is -0.506. The number of rotatable bonds is 6. The highest BCUT2D eigenvalue weighted by Crippen LogP contribution is 2.10. The summed E-state index contributed by atoms with van der Waals surface area (Å²) in [5.41, 5.74) is 0. The minimum Gasteiger partial charge on any atom is -0.389 e. The number of aliphatic hydroxyl groups excluding tert-OH is 1. The summed E-state index contributed by atoms with van der Waals surface area (Å²) in [6.45, 7) is 2.77.